The average Bonchev–Trinajstić information content (AvgIpc) is 3.17. The van der Waals surface area contributed by atoms with E-state index in [9.17, 15) is 14.4 Å². The minimum atomic E-state index is -0.607. The quantitative estimate of drug-likeness (QED) is 0.711. The molecule has 0 spiro atoms. The van der Waals surface area contributed by atoms with Crippen molar-refractivity contribution in [1.82, 2.24) is 29.2 Å². The molecule has 2 heterocycles. The Labute approximate surface area is 148 Å². The zero-order valence-corrected chi connectivity index (χ0v) is 14.4. The Morgan fingerprint density at radius 3 is 2.58 bits per heavy atom. The van der Waals surface area contributed by atoms with Crippen LogP contribution < -0.4 is 11.2 Å². The molecule has 0 radical (unpaired) electrons. The maximum Gasteiger partial charge on any atom is 0.328 e. The van der Waals surface area contributed by atoms with Crippen LogP contribution in [0.4, 0.5) is 0 Å². The number of hydrogen-bond donors (Lipinski definition) is 1. The van der Waals surface area contributed by atoms with Crippen molar-refractivity contribution in [2.45, 2.75) is 19.5 Å². The van der Waals surface area contributed by atoms with Crippen LogP contribution in [0.3, 0.4) is 0 Å². The predicted molar refractivity (Wildman–Crippen MR) is 93.9 cm³/mol. The third kappa shape index (κ3) is 3.61. The van der Waals surface area contributed by atoms with Crippen LogP contribution in [0.25, 0.3) is 5.69 Å². The Kier molecular flexibility index (Phi) is 4.78. The van der Waals surface area contributed by atoms with Crippen molar-refractivity contribution in [2.75, 3.05) is 7.05 Å². The second kappa shape index (κ2) is 7.18. The molecule has 9 nitrogen and oxygen atoms in total. The zero-order valence-electron chi connectivity index (χ0n) is 14.4. The van der Waals surface area contributed by atoms with E-state index in [4.69, 9.17) is 0 Å². The standard InChI is InChI=1S/C17H18N6O3/c1-12(13-3-5-14(6-4-13)23-11-18-10-19-23)21(2)16(25)9-22-8-7-15(24)20-17(22)26/h3-8,10-12H,9H2,1-2H3,(H,20,24,26). The van der Waals surface area contributed by atoms with Crippen LogP contribution in [-0.4, -0.2) is 42.2 Å². The van der Waals surface area contributed by atoms with E-state index in [1.54, 1.807) is 23.0 Å². The molecule has 26 heavy (non-hydrogen) atoms. The van der Waals surface area contributed by atoms with Crippen molar-refractivity contribution in [3.8, 4) is 5.69 Å². The summed E-state index contributed by atoms with van der Waals surface area (Å²) in [6.07, 6.45) is 4.38. The third-order valence-electron chi connectivity index (χ3n) is 4.24. The minimum Gasteiger partial charge on any atom is -0.337 e. The Hall–Kier alpha value is -3.49. The molecule has 1 N–H and O–H groups in total. The van der Waals surface area contributed by atoms with E-state index >= 15 is 0 Å². The van der Waals surface area contributed by atoms with Crippen LogP contribution >= 0.6 is 0 Å². The molecular formula is C17H18N6O3. The van der Waals surface area contributed by atoms with Crippen LogP contribution in [0.15, 0.2) is 58.8 Å². The van der Waals surface area contributed by atoms with Gasteiger partial charge >= 0.3 is 5.69 Å². The molecule has 0 aliphatic heterocycles. The van der Waals surface area contributed by atoms with Crippen molar-refractivity contribution in [3.05, 3.63) is 75.6 Å². The highest BCUT2D eigenvalue weighted by molar-refractivity contribution is 5.76. The number of amides is 1. The van der Waals surface area contributed by atoms with Gasteiger partial charge in [0.1, 0.15) is 19.2 Å². The monoisotopic (exact) mass is 354 g/mol. The highest BCUT2D eigenvalue weighted by Crippen LogP contribution is 2.20. The molecular weight excluding hydrogens is 336 g/mol. The lowest BCUT2D eigenvalue weighted by molar-refractivity contribution is -0.132. The van der Waals surface area contributed by atoms with Crippen molar-refractivity contribution in [2.24, 2.45) is 0 Å². The second-order valence-electron chi connectivity index (χ2n) is 5.85. The summed E-state index contributed by atoms with van der Waals surface area (Å²) in [5.41, 5.74) is 0.711. The molecule has 1 amide bonds. The minimum absolute atomic E-state index is 0.145. The number of nitrogens with zero attached hydrogens (tertiary/aromatic N) is 5. The summed E-state index contributed by atoms with van der Waals surface area (Å²) < 4.78 is 2.81. The van der Waals surface area contributed by atoms with E-state index in [-0.39, 0.29) is 18.5 Å². The van der Waals surface area contributed by atoms with E-state index in [2.05, 4.69) is 15.1 Å². The van der Waals surface area contributed by atoms with E-state index < -0.39 is 11.2 Å². The smallest absolute Gasteiger partial charge is 0.328 e. The fraction of sp³-hybridized carbons (Fsp3) is 0.235. The number of benzene rings is 1. The number of likely N-dealkylation sites (N-methyl/N-ethyl adjacent to an activating group) is 1. The SMILES string of the molecule is CC(c1ccc(-n2cncn2)cc1)N(C)C(=O)Cn1ccc(=O)[nH]c1=O. The van der Waals surface area contributed by atoms with Gasteiger partial charge in [0.05, 0.1) is 11.7 Å². The highest BCUT2D eigenvalue weighted by atomic mass is 16.2. The number of aromatic nitrogens is 5. The topological polar surface area (TPSA) is 106 Å². The summed E-state index contributed by atoms with van der Waals surface area (Å²) in [7, 11) is 1.68. The molecule has 0 saturated carbocycles. The van der Waals surface area contributed by atoms with Gasteiger partial charge in [-0.25, -0.2) is 14.5 Å². The number of rotatable bonds is 5. The lowest BCUT2D eigenvalue weighted by Crippen LogP contribution is -2.37. The molecule has 134 valence electrons. The molecule has 0 saturated heterocycles. The third-order valence-corrected chi connectivity index (χ3v) is 4.24. The molecule has 1 aromatic carbocycles. The number of carbonyl (C=O) groups is 1. The van der Waals surface area contributed by atoms with Crippen LogP contribution in [0.1, 0.15) is 18.5 Å². The van der Waals surface area contributed by atoms with Gasteiger partial charge < -0.3 is 4.90 Å². The van der Waals surface area contributed by atoms with Gasteiger partial charge in [-0.1, -0.05) is 12.1 Å². The summed E-state index contributed by atoms with van der Waals surface area (Å²) >= 11 is 0. The van der Waals surface area contributed by atoms with Crippen LogP contribution in [0.5, 0.6) is 0 Å². The van der Waals surface area contributed by atoms with Gasteiger partial charge in [0.25, 0.3) is 5.56 Å². The number of carbonyl (C=O) groups excluding carboxylic acids is 1. The largest absolute Gasteiger partial charge is 0.337 e. The van der Waals surface area contributed by atoms with E-state index in [0.717, 1.165) is 11.3 Å². The molecule has 0 aliphatic carbocycles. The van der Waals surface area contributed by atoms with Crippen LogP contribution in [0.2, 0.25) is 0 Å². The number of aromatic amines is 1. The first-order chi connectivity index (χ1) is 12.5. The van der Waals surface area contributed by atoms with Crippen LogP contribution in [0, 0.1) is 0 Å². The molecule has 9 heteroatoms. The summed E-state index contributed by atoms with van der Waals surface area (Å²) in [5, 5.41) is 4.07. The number of hydrogen-bond acceptors (Lipinski definition) is 5. The Balaban J connectivity index is 1.72. The zero-order chi connectivity index (χ0) is 18.7. The van der Waals surface area contributed by atoms with Crippen molar-refractivity contribution in [3.63, 3.8) is 0 Å². The molecule has 1 atom stereocenters. The fourth-order valence-corrected chi connectivity index (χ4v) is 2.51. The predicted octanol–water partition coefficient (Wildman–Crippen LogP) is 0.337. The van der Waals surface area contributed by atoms with Gasteiger partial charge in [0.2, 0.25) is 5.91 Å². The van der Waals surface area contributed by atoms with E-state index in [1.165, 1.54) is 23.2 Å². The molecule has 0 aliphatic rings. The first kappa shape index (κ1) is 17.3. The van der Waals surface area contributed by atoms with E-state index in [1.807, 2.05) is 31.2 Å². The molecule has 0 fully saturated rings. The number of H-pyrrole nitrogens is 1. The Bertz CT molecular complexity index is 1000. The van der Waals surface area contributed by atoms with Gasteiger partial charge in [-0.05, 0) is 24.6 Å². The molecule has 3 rings (SSSR count). The van der Waals surface area contributed by atoms with Crippen molar-refractivity contribution >= 4 is 5.91 Å². The highest BCUT2D eigenvalue weighted by Gasteiger charge is 2.18. The van der Waals surface area contributed by atoms with Crippen LogP contribution in [-0.2, 0) is 11.3 Å². The maximum atomic E-state index is 12.5. The Morgan fingerprint density at radius 2 is 1.96 bits per heavy atom. The second-order valence-corrected chi connectivity index (χ2v) is 5.85. The summed E-state index contributed by atoms with van der Waals surface area (Å²) in [5.74, 6) is -0.244. The summed E-state index contributed by atoms with van der Waals surface area (Å²) in [6.45, 7) is 1.76. The van der Waals surface area contributed by atoms with E-state index in [0.29, 0.717) is 0 Å². The lowest BCUT2D eigenvalue weighted by Gasteiger charge is -2.25. The van der Waals surface area contributed by atoms with Crippen molar-refractivity contribution < 1.29 is 4.79 Å². The number of nitrogens with one attached hydrogen (secondary N) is 1. The lowest BCUT2D eigenvalue weighted by atomic mass is 10.1. The average molecular weight is 354 g/mol. The van der Waals surface area contributed by atoms with Gasteiger partial charge in [-0.15, -0.1) is 0 Å². The van der Waals surface area contributed by atoms with Gasteiger partial charge in [-0.3, -0.25) is 19.1 Å². The molecule has 2 aromatic heterocycles. The normalized spacial score (nSPS) is 11.9. The summed E-state index contributed by atoms with van der Waals surface area (Å²) in [6, 6.07) is 8.64. The van der Waals surface area contributed by atoms with Gasteiger partial charge in [0.15, 0.2) is 0 Å². The van der Waals surface area contributed by atoms with Gasteiger partial charge in [0, 0.05) is 19.3 Å². The van der Waals surface area contributed by atoms with Crippen molar-refractivity contribution in [1.29, 1.82) is 0 Å². The molecule has 0 bridgehead atoms. The Morgan fingerprint density at radius 1 is 1.23 bits per heavy atom. The first-order valence-corrected chi connectivity index (χ1v) is 7.96. The molecule has 1 unspecified atom stereocenters. The van der Waals surface area contributed by atoms with Gasteiger partial charge in [-0.2, -0.15) is 5.10 Å². The fourth-order valence-electron chi connectivity index (χ4n) is 2.51. The first-order valence-electron chi connectivity index (χ1n) is 7.96. The summed E-state index contributed by atoms with van der Waals surface area (Å²) in [4.78, 5) is 42.9. The maximum absolute atomic E-state index is 12.5. The molecule has 3 aromatic rings.